The normalized spacial score (nSPS) is 11.7. The highest BCUT2D eigenvalue weighted by Crippen LogP contribution is 2.39. The van der Waals surface area contributed by atoms with Crippen molar-refractivity contribution in [3.8, 4) is 17.2 Å². The summed E-state index contributed by atoms with van der Waals surface area (Å²) in [6.45, 7) is 2.46. The van der Waals surface area contributed by atoms with E-state index in [0.717, 1.165) is 0 Å². The van der Waals surface area contributed by atoms with Gasteiger partial charge in [0, 0.05) is 25.0 Å². The molecule has 1 aromatic carbocycles. The molecule has 0 aliphatic rings. The predicted molar refractivity (Wildman–Crippen MR) is 85.4 cm³/mol. The summed E-state index contributed by atoms with van der Waals surface area (Å²) in [6, 6.07) is 3.42. The topological polar surface area (TPSA) is 74.6 Å². The molecule has 0 bridgehead atoms. The number of nitrogens with one attached hydrogen (secondary N) is 1. The number of carbonyl (C=O) groups excluding carboxylic acids is 1. The van der Waals surface area contributed by atoms with E-state index in [2.05, 4.69) is 10.3 Å². The standard InChI is InChI=1S/C16H21N3O4/c1-11(19-8-7-17-10-19)9-18-16(20)12-5-6-13(21-2)15(23-4)14(12)22-3/h5-8,10-11H,9H2,1-4H3,(H,18,20)/t11-/m1/s1. The number of aromatic nitrogens is 2. The smallest absolute Gasteiger partial charge is 0.255 e. The fourth-order valence-electron chi connectivity index (χ4n) is 2.25. The van der Waals surface area contributed by atoms with E-state index in [1.165, 1.54) is 21.3 Å². The second-order valence-corrected chi connectivity index (χ2v) is 4.95. The molecule has 1 amide bonds. The molecule has 0 radical (unpaired) electrons. The molecule has 2 aromatic rings. The minimum Gasteiger partial charge on any atom is -0.493 e. The van der Waals surface area contributed by atoms with Crippen molar-refractivity contribution in [1.29, 1.82) is 0 Å². The van der Waals surface area contributed by atoms with Gasteiger partial charge in [-0.05, 0) is 19.1 Å². The van der Waals surface area contributed by atoms with Gasteiger partial charge < -0.3 is 24.1 Å². The summed E-state index contributed by atoms with van der Waals surface area (Å²) in [7, 11) is 4.52. The molecule has 7 nitrogen and oxygen atoms in total. The third-order valence-corrected chi connectivity index (χ3v) is 3.54. The fourth-order valence-corrected chi connectivity index (χ4v) is 2.25. The highest BCUT2D eigenvalue weighted by molar-refractivity contribution is 5.98. The summed E-state index contributed by atoms with van der Waals surface area (Å²) in [5.41, 5.74) is 0.392. The van der Waals surface area contributed by atoms with Gasteiger partial charge in [-0.25, -0.2) is 4.98 Å². The lowest BCUT2D eigenvalue weighted by atomic mass is 10.1. The first-order valence-corrected chi connectivity index (χ1v) is 7.17. The van der Waals surface area contributed by atoms with Gasteiger partial charge in [0.1, 0.15) is 0 Å². The van der Waals surface area contributed by atoms with E-state index < -0.39 is 0 Å². The van der Waals surface area contributed by atoms with Crippen molar-refractivity contribution in [1.82, 2.24) is 14.9 Å². The minimum atomic E-state index is -0.241. The Bertz CT molecular complexity index is 656. The molecule has 1 atom stereocenters. The molecule has 124 valence electrons. The quantitative estimate of drug-likeness (QED) is 0.843. The fraction of sp³-hybridized carbons (Fsp3) is 0.375. The second kappa shape index (κ2) is 7.53. The molecule has 0 aliphatic heterocycles. The molecule has 7 heteroatoms. The number of hydrogen-bond acceptors (Lipinski definition) is 5. The lowest BCUT2D eigenvalue weighted by molar-refractivity contribution is 0.0944. The number of imidazole rings is 1. The summed E-state index contributed by atoms with van der Waals surface area (Å²) in [5, 5.41) is 2.89. The van der Waals surface area contributed by atoms with E-state index in [1.807, 2.05) is 17.7 Å². The molecule has 0 unspecified atom stereocenters. The summed E-state index contributed by atoms with van der Waals surface area (Å²) >= 11 is 0. The van der Waals surface area contributed by atoms with Gasteiger partial charge in [-0.2, -0.15) is 0 Å². The SMILES string of the molecule is COc1ccc(C(=O)NC[C@@H](C)n2ccnc2)c(OC)c1OC. The van der Waals surface area contributed by atoms with Crippen LogP contribution >= 0.6 is 0 Å². The first-order valence-electron chi connectivity index (χ1n) is 7.17. The Kier molecular flexibility index (Phi) is 5.46. The van der Waals surface area contributed by atoms with Crippen LogP contribution in [-0.4, -0.2) is 43.3 Å². The molecule has 0 spiro atoms. The second-order valence-electron chi connectivity index (χ2n) is 4.95. The van der Waals surface area contributed by atoms with Crippen LogP contribution in [0, 0.1) is 0 Å². The van der Waals surface area contributed by atoms with Gasteiger partial charge in [0.05, 0.1) is 33.2 Å². The van der Waals surface area contributed by atoms with Crippen molar-refractivity contribution >= 4 is 5.91 Å². The van der Waals surface area contributed by atoms with Crippen LogP contribution in [0.5, 0.6) is 17.2 Å². The molecule has 2 rings (SSSR count). The maximum atomic E-state index is 12.5. The van der Waals surface area contributed by atoms with Crippen molar-refractivity contribution in [2.45, 2.75) is 13.0 Å². The number of nitrogens with zero attached hydrogens (tertiary/aromatic N) is 2. The lowest BCUT2D eigenvalue weighted by Gasteiger charge is -2.17. The zero-order valence-electron chi connectivity index (χ0n) is 13.7. The summed E-state index contributed by atoms with van der Waals surface area (Å²) in [4.78, 5) is 16.5. The highest BCUT2D eigenvalue weighted by Gasteiger charge is 2.20. The van der Waals surface area contributed by atoms with Crippen LogP contribution in [0.2, 0.25) is 0 Å². The Morgan fingerprint density at radius 2 is 1.96 bits per heavy atom. The van der Waals surface area contributed by atoms with Crippen LogP contribution < -0.4 is 19.5 Å². The van der Waals surface area contributed by atoms with E-state index in [9.17, 15) is 4.79 Å². The van der Waals surface area contributed by atoms with E-state index in [0.29, 0.717) is 29.4 Å². The largest absolute Gasteiger partial charge is 0.493 e. The number of rotatable bonds is 7. The number of amides is 1. The van der Waals surface area contributed by atoms with E-state index >= 15 is 0 Å². The van der Waals surface area contributed by atoms with Crippen LogP contribution in [-0.2, 0) is 0 Å². The molecule has 1 heterocycles. The number of ether oxygens (including phenoxy) is 3. The molecule has 0 aliphatic carbocycles. The van der Waals surface area contributed by atoms with Gasteiger partial charge in [0.15, 0.2) is 11.5 Å². The lowest BCUT2D eigenvalue weighted by Crippen LogP contribution is -2.29. The Morgan fingerprint density at radius 1 is 1.22 bits per heavy atom. The maximum Gasteiger partial charge on any atom is 0.255 e. The Morgan fingerprint density at radius 3 is 2.52 bits per heavy atom. The van der Waals surface area contributed by atoms with Crippen molar-refractivity contribution < 1.29 is 19.0 Å². The number of methoxy groups -OCH3 is 3. The van der Waals surface area contributed by atoms with Gasteiger partial charge in [0.25, 0.3) is 5.91 Å². The number of carbonyl (C=O) groups is 1. The predicted octanol–water partition coefficient (Wildman–Crippen LogP) is 1.90. The molecule has 0 fully saturated rings. The van der Waals surface area contributed by atoms with Crippen LogP contribution in [0.4, 0.5) is 0 Å². The first-order chi connectivity index (χ1) is 11.1. The Balaban J connectivity index is 2.15. The molecule has 1 N–H and O–H groups in total. The molecule has 1 aromatic heterocycles. The molecule has 0 saturated carbocycles. The minimum absolute atomic E-state index is 0.0904. The maximum absolute atomic E-state index is 12.5. The monoisotopic (exact) mass is 319 g/mol. The highest BCUT2D eigenvalue weighted by atomic mass is 16.5. The summed E-state index contributed by atoms with van der Waals surface area (Å²) in [5.74, 6) is 1.01. The van der Waals surface area contributed by atoms with Gasteiger partial charge in [-0.1, -0.05) is 0 Å². The van der Waals surface area contributed by atoms with Crippen molar-refractivity contribution in [3.05, 3.63) is 36.4 Å². The average Bonchev–Trinajstić information content (AvgIpc) is 3.12. The molecular weight excluding hydrogens is 298 g/mol. The van der Waals surface area contributed by atoms with E-state index in [4.69, 9.17) is 14.2 Å². The number of benzene rings is 1. The molecule has 23 heavy (non-hydrogen) atoms. The van der Waals surface area contributed by atoms with Crippen LogP contribution in [0.1, 0.15) is 23.3 Å². The van der Waals surface area contributed by atoms with E-state index in [1.54, 1.807) is 24.7 Å². The zero-order chi connectivity index (χ0) is 16.8. The molecule has 0 saturated heterocycles. The summed E-state index contributed by atoms with van der Waals surface area (Å²) in [6.07, 6.45) is 5.28. The Hall–Kier alpha value is -2.70. The van der Waals surface area contributed by atoms with Crippen molar-refractivity contribution in [2.24, 2.45) is 0 Å². The van der Waals surface area contributed by atoms with Gasteiger partial charge >= 0.3 is 0 Å². The Labute approximate surface area is 135 Å². The zero-order valence-corrected chi connectivity index (χ0v) is 13.7. The third-order valence-electron chi connectivity index (χ3n) is 3.54. The van der Waals surface area contributed by atoms with Gasteiger partial charge in [-0.3, -0.25) is 4.79 Å². The van der Waals surface area contributed by atoms with E-state index in [-0.39, 0.29) is 11.9 Å². The van der Waals surface area contributed by atoms with Crippen LogP contribution in [0.25, 0.3) is 0 Å². The van der Waals surface area contributed by atoms with Crippen LogP contribution in [0.15, 0.2) is 30.9 Å². The molecular formula is C16H21N3O4. The van der Waals surface area contributed by atoms with Gasteiger partial charge in [-0.15, -0.1) is 0 Å². The van der Waals surface area contributed by atoms with Crippen molar-refractivity contribution in [2.75, 3.05) is 27.9 Å². The average molecular weight is 319 g/mol. The first kappa shape index (κ1) is 16.7. The van der Waals surface area contributed by atoms with Crippen LogP contribution in [0.3, 0.4) is 0 Å². The third kappa shape index (κ3) is 3.56. The summed E-state index contributed by atoms with van der Waals surface area (Å²) < 4.78 is 17.8. The van der Waals surface area contributed by atoms with Crippen molar-refractivity contribution in [3.63, 3.8) is 0 Å². The van der Waals surface area contributed by atoms with Gasteiger partial charge in [0.2, 0.25) is 5.75 Å². The number of hydrogen-bond donors (Lipinski definition) is 1.